The molecular formula is C20H22N2O3. The van der Waals surface area contributed by atoms with E-state index in [0.717, 1.165) is 16.8 Å². The molecule has 1 aliphatic heterocycles. The van der Waals surface area contributed by atoms with Crippen molar-refractivity contribution in [3.05, 3.63) is 53.7 Å². The van der Waals surface area contributed by atoms with E-state index in [1.165, 1.54) is 0 Å². The molecule has 25 heavy (non-hydrogen) atoms. The molecule has 0 spiro atoms. The summed E-state index contributed by atoms with van der Waals surface area (Å²) in [5.41, 5.74) is 2.35. The first-order valence-corrected chi connectivity index (χ1v) is 8.46. The Labute approximate surface area is 147 Å². The van der Waals surface area contributed by atoms with Crippen molar-refractivity contribution in [3.63, 3.8) is 0 Å². The summed E-state index contributed by atoms with van der Waals surface area (Å²) in [7, 11) is 0. The van der Waals surface area contributed by atoms with E-state index >= 15 is 0 Å². The smallest absolute Gasteiger partial charge is 0.311 e. The van der Waals surface area contributed by atoms with E-state index in [1.54, 1.807) is 24.1 Å². The summed E-state index contributed by atoms with van der Waals surface area (Å²) in [4.78, 5) is 30.6. The largest absolute Gasteiger partial charge is 0.481 e. The Balaban J connectivity index is 1.92. The number of aromatic nitrogens is 1. The monoisotopic (exact) mass is 338 g/mol. The molecule has 1 fully saturated rings. The number of carboxylic acid groups (broad SMARTS) is 1. The second-order valence-corrected chi connectivity index (χ2v) is 6.89. The lowest BCUT2D eigenvalue weighted by Gasteiger charge is -2.37. The van der Waals surface area contributed by atoms with Crippen LogP contribution >= 0.6 is 0 Å². The number of pyridine rings is 1. The molecule has 2 aromatic rings. The molecule has 5 nitrogen and oxygen atoms in total. The van der Waals surface area contributed by atoms with Gasteiger partial charge in [0, 0.05) is 30.4 Å². The zero-order valence-electron chi connectivity index (χ0n) is 14.5. The van der Waals surface area contributed by atoms with Crippen LogP contribution in [0.2, 0.25) is 0 Å². The zero-order valence-corrected chi connectivity index (χ0v) is 14.5. The van der Waals surface area contributed by atoms with Gasteiger partial charge in [0.2, 0.25) is 0 Å². The molecule has 1 aromatic heterocycles. The highest BCUT2D eigenvalue weighted by Gasteiger charge is 2.39. The molecule has 3 rings (SSSR count). The predicted molar refractivity (Wildman–Crippen MR) is 95.3 cm³/mol. The van der Waals surface area contributed by atoms with Crippen molar-refractivity contribution in [1.82, 2.24) is 9.88 Å². The van der Waals surface area contributed by atoms with Gasteiger partial charge in [-0.1, -0.05) is 18.2 Å². The Bertz CT molecular complexity index is 804. The molecule has 1 N–H and O–H groups in total. The minimum absolute atomic E-state index is 0.109. The van der Waals surface area contributed by atoms with Crippen LogP contribution in [0.1, 0.15) is 35.7 Å². The van der Waals surface area contributed by atoms with Gasteiger partial charge in [-0.3, -0.25) is 14.6 Å². The van der Waals surface area contributed by atoms with Crippen molar-refractivity contribution in [2.45, 2.75) is 26.7 Å². The molecule has 5 heteroatoms. The Morgan fingerprint density at radius 2 is 2.00 bits per heavy atom. The fourth-order valence-corrected chi connectivity index (χ4v) is 3.42. The van der Waals surface area contributed by atoms with Gasteiger partial charge < -0.3 is 10.0 Å². The van der Waals surface area contributed by atoms with E-state index < -0.39 is 11.4 Å². The van der Waals surface area contributed by atoms with Crippen molar-refractivity contribution in [2.75, 3.05) is 13.1 Å². The highest BCUT2D eigenvalue weighted by molar-refractivity contribution is 5.97. The molecule has 0 bridgehead atoms. The lowest BCUT2D eigenvalue weighted by molar-refractivity contribution is -0.150. The number of carbonyl (C=O) groups excluding carboxylic acids is 1. The average molecular weight is 338 g/mol. The van der Waals surface area contributed by atoms with E-state index in [9.17, 15) is 14.7 Å². The molecule has 1 aliphatic rings. The van der Waals surface area contributed by atoms with Gasteiger partial charge in [0.15, 0.2) is 0 Å². The number of carbonyl (C=O) groups is 2. The average Bonchev–Trinajstić information content (AvgIpc) is 2.62. The Morgan fingerprint density at radius 1 is 1.20 bits per heavy atom. The van der Waals surface area contributed by atoms with Crippen LogP contribution in [0.4, 0.5) is 0 Å². The van der Waals surface area contributed by atoms with Crippen molar-refractivity contribution >= 4 is 11.9 Å². The third-order valence-electron chi connectivity index (χ3n) is 5.00. The molecule has 2 heterocycles. The maximum atomic E-state index is 13.0. The van der Waals surface area contributed by atoms with Gasteiger partial charge in [-0.25, -0.2) is 0 Å². The predicted octanol–water partition coefficient (Wildman–Crippen LogP) is 3.38. The topological polar surface area (TPSA) is 70.5 Å². The summed E-state index contributed by atoms with van der Waals surface area (Å²) < 4.78 is 0. The molecular weight excluding hydrogens is 316 g/mol. The van der Waals surface area contributed by atoms with Gasteiger partial charge in [-0.05, 0) is 50.5 Å². The minimum Gasteiger partial charge on any atom is -0.481 e. The molecule has 0 saturated carbocycles. The van der Waals surface area contributed by atoms with Crippen LogP contribution in [-0.4, -0.2) is 40.0 Å². The van der Waals surface area contributed by atoms with Gasteiger partial charge in [0.1, 0.15) is 0 Å². The maximum absolute atomic E-state index is 13.0. The van der Waals surface area contributed by atoms with Crippen LogP contribution in [0.5, 0.6) is 0 Å². The molecule has 1 atom stereocenters. The van der Waals surface area contributed by atoms with Gasteiger partial charge >= 0.3 is 5.97 Å². The number of hydrogen-bond donors (Lipinski definition) is 1. The minimum atomic E-state index is -0.875. The first-order valence-electron chi connectivity index (χ1n) is 8.46. The second kappa shape index (κ2) is 6.67. The number of benzene rings is 1. The van der Waals surface area contributed by atoms with E-state index in [1.807, 2.05) is 37.3 Å². The lowest BCUT2D eigenvalue weighted by atomic mass is 9.81. The van der Waals surface area contributed by atoms with Crippen LogP contribution in [0.3, 0.4) is 0 Å². The molecule has 130 valence electrons. The molecule has 1 aromatic carbocycles. The van der Waals surface area contributed by atoms with E-state index in [-0.39, 0.29) is 12.5 Å². The maximum Gasteiger partial charge on any atom is 0.311 e. The lowest BCUT2D eigenvalue weighted by Crippen LogP contribution is -2.48. The Morgan fingerprint density at radius 3 is 2.68 bits per heavy atom. The van der Waals surface area contributed by atoms with Crippen LogP contribution in [0, 0.1) is 12.3 Å². The standard InChI is InChI=1S/C20H22N2O3/c1-14-15(17-9-3-4-11-21-17)7-5-8-16(14)18(23)22-12-6-10-20(2,13-22)19(24)25/h3-5,7-9,11H,6,10,12-13H2,1-2H3,(H,24,25). The normalized spacial score (nSPS) is 20.3. The fraction of sp³-hybridized carbons (Fsp3) is 0.350. The van der Waals surface area contributed by atoms with Crippen LogP contribution in [0.15, 0.2) is 42.6 Å². The molecule has 0 aliphatic carbocycles. The Kier molecular flexibility index (Phi) is 4.57. The van der Waals surface area contributed by atoms with Gasteiger partial charge in [0.25, 0.3) is 5.91 Å². The first kappa shape index (κ1) is 17.1. The number of aliphatic carboxylic acids is 1. The summed E-state index contributed by atoms with van der Waals surface area (Å²) >= 11 is 0. The summed E-state index contributed by atoms with van der Waals surface area (Å²) in [5.74, 6) is -0.952. The van der Waals surface area contributed by atoms with E-state index in [0.29, 0.717) is 24.9 Å². The third kappa shape index (κ3) is 3.27. The van der Waals surface area contributed by atoms with Crippen LogP contribution in [-0.2, 0) is 4.79 Å². The number of likely N-dealkylation sites (tertiary alicyclic amines) is 1. The summed E-state index contributed by atoms with van der Waals surface area (Å²) in [6, 6.07) is 11.3. The number of carboxylic acids is 1. The number of rotatable bonds is 3. The van der Waals surface area contributed by atoms with Gasteiger partial charge in [-0.15, -0.1) is 0 Å². The fourth-order valence-electron chi connectivity index (χ4n) is 3.42. The molecule has 1 saturated heterocycles. The number of piperidine rings is 1. The van der Waals surface area contributed by atoms with Gasteiger partial charge in [-0.2, -0.15) is 0 Å². The SMILES string of the molecule is Cc1c(C(=O)N2CCCC(C)(C(=O)O)C2)cccc1-c1ccccn1. The summed E-state index contributed by atoms with van der Waals surface area (Å²) in [6.07, 6.45) is 3.03. The van der Waals surface area contributed by atoms with Crippen molar-refractivity contribution in [1.29, 1.82) is 0 Å². The van der Waals surface area contributed by atoms with Crippen LogP contribution < -0.4 is 0 Å². The molecule has 0 radical (unpaired) electrons. The van der Waals surface area contributed by atoms with Crippen LogP contribution in [0.25, 0.3) is 11.3 Å². The quantitative estimate of drug-likeness (QED) is 0.931. The highest BCUT2D eigenvalue weighted by Crippen LogP contribution is 2.32. The second-order valence-electron chi connectivity index (χ2n) is 6.89. The Hall–Kier alpha value is -2.69. The summed E-state index contributed by atoms with van der Waals surface area (Å²) in [5, 5.41) is 9.47. The number of hydrogen-bond acceptors (Lipinski definition) is 3. The highest BCUT2D eigenvalue weighted by atomic mass is 16.4. The van der Waals surface area contributed by atoms with Crippen molar-refractivity contribution in [2.24, 2.45) is 5.41 Å². The zero-order chi connectivity index (χ0) is 18.0. The van der Waals surface area contributed by atoms with Crippen molar-refractivity contribution in [3.8, 4) is 11.3 Å². The summed E-state index contributed by atoms with van der Waals surface area (Å²) in [6.45, 7) is 4.47. The van der Waals surface area contributed by atoms with E-state index in [2.05, 4.69) is 4.98 Å². The molecule has 1 unspecified atom stereocenters. The number of amides is 1. The van der Waals surface area contributed by atoms with Crippen molar-refractivity contribution < 1.29 is 14.7 Å². The van der Waals surface area contributed by atoms with Gasteiger partial charge in [0.05, 0.1) is 11.1 Å². The third-order valence-corrected chi connectivity index (χ3v) is 5.00. The van der Waals surface area contributed by atoms with E-state index in [4.69, 9.17) is 0 Å². The first-order chi connectivity index (χ1) is 11.9. The molecule has 1 amide bonds. The number of nitrogens with zero attached hydrogens (tertiary/aromatic N) is 2.